The smallest absolute Gasteiger partial charge is 0.278 e. The molecular formula is C11H12N4O3S. The number of hydrogen-bond acceptors (Lipinski definition) is 4. The molecule has 2 rings (SSSR count). The molecular weight excluding hydrogens is 268 g/mol. The van der Waals surface area contributed by atoms with Crippen LogP contribution in [0.25, 0.3) is 0 Å². The van der Waals surface area contributed by atoms with Gasteiger partial charge in [0.2, 0.25) is 5.91 Å². The van der Waals surface area contributed by atoms with Gasteiger partial charge < -0.3 is 5.73 Å². The van der Waals surface area contributed by atoms with Gasteiger partial charge in [0.05, 0.1) is 11.9 Å². The number of sulfonamides is 1. The van der Waals surface area contributed by atoms with Crippen molar-refractivity contribution >= 4 is 21.6 Å². The first-order valence-corrected chi connectivity index (χ1v) is 6.81. The molecule has 1 aromatic heterocycles. The summed E-state index contributed by atoms with van der Waals surface area (Å²) in [5.74, 6) is -0.564. The van der Waals surface area contributed by atoms with Crippen molar-refractivity contribution in [3.63, 3.8) is 0 Å². The van der Waals surface area contributed by atoms with Crippen LogP contribution in [0.5, 0.6) is 0 Å². The maximum Gasteiger partial charge on any atom is 0.278 e. The predicted molar refractivity (Wildman–Crippen MR) is 69.1 cm³/mol. The van der Waals surface area contributed by atoms with E-state index in [2.05, 4.69) is 14.9 Å². The molecule has 4 N–H and O–H groups in total. The molecule has 1 heterocycles. The number of primary amides is 1. The summed E-state index contributed by atoms with van der Waals surface area (Å²) in [6.45, 7) is 1.68. The Hall–Kier alpha value is -2.35. The van der Waals surface area contributed by atoms with E-state index in [1.165, 1.54) is 30.5 Å². The van der Waals surface area contributed by atoms with Gasteiger partial charge in [-0.05, 0) is 36.8 Å². The summed E-state index contributed by atoms with van der Waals surface area (Å²) in [6, 6.07) is 5.81. The highest BCUT2D eigenvalue weighted by molar-refractivity contribution is 7.92. The fourth-order valence-electron chi connectivity index (χ4n) is 1.52. The number of aryl methyl sites for hydroxylation is 1. The van der Waals surface area contributed by atoms with Crippen LogP contribution >= 0.6 is 0 Å². The Morgan fingerprint density at radius 1 is 1.37 bits per heavy atom. The van der Waals surface area contributed by atoms with E-state index >= 15 is 0 Å². The fraction of sp³-hybridized carbons (Fsp3) is 0.0909. The minimum absolute atomic E-state index is 0.0362. The molecule has 8 heteroatoms. The topological polar surface area (TPSA) is 118 Å². The number of H-pyrrole nitrogens is 1. The van der Waals surface area contributed by atoms with Gasteiger partial charge in [-0.2, -0.15) is 13.5 Å². The Morgan fingerprint density at radius 2 is 2.11 bits per heavy atom. The van der Waals surface area contributed by atoms with Crippen LogP contribution in [0, 0.1) is 6.92 Å². The van der Waals surface area contributed by atoms with Crippen LogP contribution in [0.4, 0.5) is 5.69 Å². The van der Waals surface area contributed by atoms with Gasteiger partial charge in [-0.3, -0.25) is 14.6 Å². The summed E-state index contributed by atoms with van der Waals surface area (Å²) in [7, 11) is -3.71. The number of nitrogens with two attached hydrogens (primary N) is 1. The van der Waals surface area contributed by atoms with Crippen molar-refractivity contribution in [1.82, 2.24) is 10.2 Å². The quantitative estimate of drug-likeness (QED) is 0.760. The Bertz CT molecular complexity index is 708. The molecule has 0 unspecified atom stereocenters. The molecule has 19 heavy (non-hydrogen) atoms. The van der Waals surface area contributed by atoms with Crippen LogP contribution in [0.15, 0.2) is 35.5 Å². The summed E-state index contributed by atoms with van der Waals surface area (Å²) in [4.78, 5) is 11.0. The van der Waals surface area contributed by atoms with Gasteiger partial charge in [-0.15, -0.1) is 0 Å². The SMILES string of the molecule is Cc1cc(C(N)=O)ccc1NS(=O)(=O)c1ccn[nH]1. The normalized spacial score (nSPS) is 11.2. The van der Waals surface area contributed by atoms with Gasteiger partial charge in [-0.1, -0.05) is 0 Å². The number of nitrogens with zero attached hydrogens (tertiary/aromatic N) is 1. The van der Waals surface area contributed by atoms with Crippen LogP contribution < -0.4 is 10.5 Å². The molecule has 0 radical (unpaired) electrons. The summed E-state index contributed by atoms with van der Waals surface area (Å²) >= 11 is 0. The molecule has 0 fully saturated rings. The Labute approximate surface area is 109 Å². The largest absolute Gasteiger partial charge is 0.366 e. The molecule has 2 aromatic rings. The van der Waals surface area contributed by atoms with Gasteiger partial charge in [0.15, 0.2) is 5.03 Å². The molecule has 0 aliphatic heterocycles. The van der Waals surface area contributed by atoms with Crippen molar-refractivity contribution in [3.8, 4) is 0 Å². The maximum absolute atomic E-state index is 12.0. The average molecular weight is 280 g/mol. The van der Waals surface area contributed by atoms with E-state index in [-0.39, 0.29) is 5.03 Å². The second kappa shape index (κ2) is 4.73. The molecule has 1 aromatic carbocycles. The van der Waals surface area contributed by atoms with Crippen molar-refractivity contribution in [3.05, 3.63) is 41.6 Å². The van der Waals surface area contributed by atoms with Crippen LogP contribution in [-0.4, -0.2) is 24.5 Å². The predicted octanol–water partition coefficient (Wildman–Crippen LogP) is 0.618. The minimum atomic E-state index is -3.71. The van der Waals surface area contributed by atoms with E-state index in [0.717, 1.165) is 0 Å². The molecule has 0 spiro atoms. The number of rotatable bonds is 4. The lowest BCUT2D eigenvalue weighted by Gasteiger charge is -2.09. The van der Waals surface area contributed by atoms with E-state index in [1.54, 1.807) is 6.92 Å². The van der Waals surface area contributed by atoms with Gasteiger partial charge >= 0.3 is 0 Å². The van der Waals surface area contributed by atoms with Gasteiger partial charge in [0.1, 0.15) is 0 Å². The van der Waals surface area contributed by atoms with Crippen LogP contribution in [0.1, 0.15) is 15.9 Å². The Morgan fingerprint density at radius 3 is 2.63 bits per heavy atom. The highest BCUT2D eigenvalue weighted by atomic mass is 32.2. The average Bonchev–Trinajstić information content (AvgIpc) is 2.85. The van der Waals surface area contributed by atoms with Gasteiger partial charge in [0, 0.05) is 5.56 Å². The summed E-state index contributed by atoms with van der Waals surface area (Å²) in [5, 5.41) is 5.92. The molecule has 100 valence electrons. The second-order valence-corrected chi connectivity index (χ2v) is 5.57. The molecule has 7 nitrogen and oxygen atoms in total. The fourth-order valence-corrected chi connectivity index (χ4v) is 2.57. The molecule has 0 aliphatic rings. The number of aromatic nitrogens is 2. The van der Waals surface area contributed by atoms with Crippen LogP contribution in [-0.2, 0) is 10.0 Å². The van der Waals surface area contributed by atoms with Crippen molar-refractivity contribution in [1.29, 1.82) is 0 Å². The van der Waals surface area contributed by atoms with Gasteiger partial charge in [0.25, 0.3) is 10.0 Å². The zero-order chi connectivity index (χ0) is 14.0. The summed E-state index contributed by atoms with van der Waals surface area (Å²) in [6.07, 6.45) is 1.34. The molecule has 0 saturated carbocycles. The van der Waals surface area contributed by atoms with Gasteiger partial charge in [-0.25, -0.2) is 0 Å². The number of anilines is 1. The lowest BCUT2D eigenvalue weighted by atomic mass is 10.1. The zero-order valence-corrected chi connectivity index (χ0v) is 10.9. The first-order valence-electron chi connectivity index (χ1n) is 5.33. The van der Waals surface area contributed by atoms with E-state index in [1.807, 2.05) is 0 Å². The minimum Gasteiger partial charge on any atom is -0.366 e. The Kier molecular flexibility index (Phi) is 3.26. The number of carbonyl (C=O) groups is 1. The molecule has 0 saturated heterocycles. The number of aromatic amines is 1. The van der Waals surface area contributed by atoms with Crippen molar-refractivity contribution in [2.24, 2.45) is 5.73 Å². The third-order valence-electron chi connectivity index (χ3n) is 2.52. The first-order chi connectivity index (χ1) is 8.90. The highest BCUT2D eigenvalue weighted by Crippen LogP contribution is 2.19. The number of hydrogen-bond donors (Lipinski definition) is 3. The lowest BCUT2D eigenvalue weighted by Crippen LogP contribution is -2.15. The van der Waals surface area contributed by atoms with Crippen molar-refractivity contribution in [2.45, 2.75) is 11.9 Å². The molecule has 0 bridgehead atoms. The summed E-state index contributed by atoms with van der Waals surface area (Å²) in [5.41, 5.74) is 6.44. The van der Waals surface area contributed by atoms with E-state index in [4.69, 9.17) is 5.73 Å². The standard InChI is InChI=1S/C11H12N4O3S/c1-7-6-8(11(12)16)2-3-9(7)15-19(17,18)10-4-5-13-14-10/h2-6,15H,1H3,(H2,12,16)(H,13,14). The third kappa shape index (κ3) is 2.74. The van der Waals surface area contributed by atoms with E-state index < -0.39 is 15.9 Å². The monoisotopic (exact) mass is 280 g/mol. The van der Waals surface area contributed by atoms with E-state index in [9.17, 15) is 13.2 Å². The zero-order valence-electron chi connectivity index (χ0n) is 10.0. The first kappa shape index (κ1) is 13.1. The van der Waals surface area contributed by atoms with Crippen LogP contribution in [0.3, 0.4) is 0 Å². The second-order valence-electron chi connectivity index (χ2n) is 3.92. The molecule has 1 amide bonds. The lowest BCUT2D eigenvalue weighted by molar-refractivity contribution is 0.1000. The number of nitrogens with one attached hydrogen (secondary N) is 2. The number of amides is 1. The third-order valence-corrected chi connectivity index (χ3v) is 3.81. The molecule has 0 atom stereocenters. The van der Waals surface area contributed by atoms with E-state index in [0.29, 0.717) is 16.8 Å². The summed E-state index contributed by atoms with van der Waals surface area (Å²) < 4.78 is 26.3. The maximum atomic E-state index is 12.0. The number of benzene rings is 1. The highest BCUT2D eigenvalue weighted by Gasteiger charge is 2.16. The van der Waals surface area contributed by atoms with Crippen LogP contribution in [0.2, 0.25) is 0 Å². The number of carbonyl (C=O) groups excluding carboxylic acids is 1. The molecule has 0 aliphatic carbocycles. The van der Waals surface area contributed by atoms with Crippen molar-refractivity contribution in [2.75, 3.05) is 4.72 Å². The van der Waals surface area contributed by atoms with Crippen molar-refractivity contribution < 1.29 is 13.2 Å². The Balaban J connectivity index is 2.32.